The third-order valence-corrected chi connectivity index (χ3v) is 6.38. The number of pyridine rings is 1. The van der Waals surface area contributed by atoms with Gasteiger partial charge in [0.15, 0.2) is 5.82 Å². The van der Waals surface area contributed by atoms with Gasteiger partial charge in [-0.3, -0.25) is 0 Å². The first-order valence-corrected chi connectivity index (χ1v) is 12.4. The second-order valence-electron chi connectivity index (χ2n) is 8.98. The molecular formula is C29H28N6O2. The van der Waals surface area contributed by atoms with Crippen LogP contribution in [-0.2, 0) is 13.0 Å². The maximum absolute atomic E-state index is 5.88. The topological polar surface area (TPSA) is 82.3 Å². The second-order valence-corrected chi connectivity index (χ2v) is 8.98. The summed E-state index contributed by atoms with van der Waals surface area (Å²) in [5, 5.41) is 6.03. The molecule has 0 fully saturated rings. The third-order valence-electron chi connectivity index (χ3n) is 6.38. The van der Waals surface area contributed by atoms with Crippen molar-refractivity contribution in [2.75, 3.05) is 13.7 Å². The summed E-state index contributed by atoms with van der Waals surface area (Å²) in [6, 6.07) is 20.0. The summed E-state index contributed by atoms with van der Waals surface area (Å²) in [6.45, 7) is 3.33. The van der Waals surface area contributed by atoms with E-state index in [1.807, 2.05) is 76.2 Å². The Morgan fingerprint density at radius 2 is 1.84 bits per heavy atom. The predicted molar refractivity (Wildman–Crippen MR) is 143 cm³/mol. The molecule has 6 rings (SSSR count). The molecule has 0 atom stereocenters. The number of imidazole rings is 1. The average molecular weight is 493 g/mol. The van der Waals surface area contributed by atoms with Gasteiger partial charge in [0.1, 0.15) is 23.0 Å². The number of nitrogens with zero attached hydrogens (tertiary/aromatic N) is 5. The quantitative estimate of drug-likeness (QED) is 0.288. The summed E-state index contributed by atoms with van der Waals surface area (Å²) in [6.07, 6.45) is 7.68. The van der Waals surface area contributed by atoms with Crippen molar-refractivity contribution in [1.29, 1.82) is 0 Å². The van der Waals surface area contributed by atoms with Crippen LogP contribution in [0.5, 0.6) is 11.5 Å². The molecule has 6 aromatic rings. The molecule has 0 aliphatic rings. The third kappa shape index (κ3) is 4.65. The fourth-order valence-electron chi connectivity index (χ4n) is 4.49. The molecule has 186 valence electrons. The van der Waals surface area contributed by atoms with Gasteiger partial charge in [0.2, 0.25) is 0 Å². The van der Waals surface area contributed by atoms with Gasteiger partial charge in [-0.1, -0.05) is 13.0 Å². The van der Waals surface area contributed by atoms with Gasteiger partial charge < -0.3 is 18.9 Å². The Morgan fingerprint density at radius 1 is 0.973 bits per heavy atom. The van der Waals surface area contributed by atoms with Crippen LogP contribution in [0.25, 0.3) is 27.9 Å². The maximum atomic E-state index is 5.88. The highest BCUT2D eigenvalue weighted by molar-refractivity contribution is 5.84. The highest BCUT2D eigenvalue weighted by atomic mass is 16.5. The van der Waals surface area contributed by atoms with E-state index in [9.17, 15) is 0 Å². The van der Waals surface area contributed by atoms with Gasteiger partial charge in [0.25, 0.3) is 0 Å². The van der Waals surface area contributed by atoms with Crippen LogP contribution in [0.4, 0.5) is 0 Å². The number of rotatable bonds is 9. The van der Waals surface area contributed by atoms with E-state index >= 15 is 0 Å². The Hall–Kier alpha value is -4.59. The van der Waals surface area contributed by atoms with Crippen LogP contribution >= 0.6 is 0 Å². The van der Waals surface area contributed by atoms with Crippen molar-refractivity contribution in [3.05, 3.63) is 96.3 Å². The molecule has 8 nitrogen and oxygen atoms in total. The van der Waals surface area contributed by atoms with E-state index in [4.69, 9.17) is 24.5 Å². The molecule has 0 saturated carbocycles. The summed E-state index contributed by atoms with van der Waals surface area (Å²) in [7, 11) is 1.66. The lowest BCUT2D eigenvalue weighted by atomic mass is 10.1. The van der Waals surface area contributed by atoms with Crippen molar-refractivity contribution in [3.63, 3.8) is 0 Å². The van der Waals surface area contributed by atoms with Crippen molar-refractivity contribution in [3.8, 4) is 22.9 Å². The van der Waals surface area contributed by atoms with Gasteiger partial charge in [-0.2, -0.15) is 5.10 Å². The van der Waals surface area contributed by atoms with E-state index < -0.39 is 0 Å². The van der Waals surface area contributed by atoms with Gasteiger partial charge in [0, 0.05) is 41.5 Å². The van der Waals surface area contributed by atoms with Crippen LogP contribution in [0, 0.1) is 0 Å². The zero-order valence-corrected chi connectivity index (χ0v) is 20.9. The number of hydrogen-bond acceptors (Lipinski definition) is 5. The number of benzene rings is 2. The van der Waals surface area contributed by atoms with Crippen molar-refractivity contribution < 1.29 is 9.47 Å². The number of H-pyrrole nitrogens is 1. The molecule has 0 saturated heterocycles. The molecule has 0 bridgehead atoms. The highest BCUT2D eigenvalue weighted by Gasteiger charge is 2.16. The van der Waals surface area contributed by atoms with Crippen molar-refractivity contribution in [1.82, 2.24) is 29.1 Å². The van der Waals surface area contributed by atoms with E-state index in [1.54, 1.807) is 7.11 Å². The summed E-state index contributed by atoms with van der Waals surface area (Å²) < 4.78 is 15.2. The Balaban J connectivity index is 1.37. The van der Waals surface area contributed by atoms with E-state index in [0.29, 0.717) is 25.4 Å². The van der Waals surface area contributed by atoms with Crippen LogP contribution in [0.3, 0.4) is 0 Å². The monoisotopic (exact) mass is 492 g/mol. The van der Waals surface area contributed by atoms with E-state index in [0.717, 1.165) is 57.1 Å². The maximum Gasteiger partial charge on any atom is 0.181 e. The van der Waals surface area contributed by atoms with Crippen LogP contribution in [0.2, 0.25) is 0 Å². The normalized spacial score (nSPS) is 11.4. The van der Waals surface area contributed by atoms with Gasteiger partial charge >= 0.3 is 0 Å². The SMILES string of the molecule is CCCOc1ccc2[nH]cc(Cc3nc(-c4ccc(OC)cc4)nn3Cc3cn4ccccc4n3)c2c1. The summed E-state index contributed by atoms with van der Waals surface area (Å²) in [4.78, 5) is 13.1. The lowest BCUT2D eigenvalue weighted by Crippen LogP contribution is -2.08. The zero-order valence-electron chi connectivity index (χ0n) is 20.9. The van der Waals surface area contributed by atoms with Gasteiger partial charge in [-0.25, -0.2) is 14.6 Å². The summed E-state index contributed by atoms with van der Waals surface area (Å²) in [5.74, 6) is 3.21. The standard InChI is InChI=1S/C29H28N6O2/c1-3-14-37-24-11-12-26-25(16-24)21(17-30-26)15-28-32-29(20-7-9-23(36-2)10-8-20)33-35(28)19-22-18-34-13-5-4-6-27(34)31-22/h4-13,16-18,30H,3,14-15,19H2,1-2H3. The van der Waals surface area contributed by atoms with Crippen LogP contribution in [0.15, 0.2) is 79.3 Å². The van der Waals surface area contributed by atoms with E-state index in [2.05, 4.69) is 24.0 Å². The number of ether oxygens (including phenoxy) is 2. The van der Waals surface area contributed by atoms with E-state index in [1.165, 1.54) is 0 Å². The van der Waals surface area contributed by atoms with Gasteiger partial charge in [-0.05, 0) is 66.6 Å². The lowest BCUT2D eigenvalue weighted by Gasteiger charge is -2.06. The lowest BCUT2D eigenvalue weighted by molar-refractivity contribution is 0.318. The number of nitrogens with one attached hydrogen (secondary N) is 1. The molecule has 0 aliphatic carbocycles. The molecule has 0 spiro atoms. The molecule has 37 heavy (non-hydrogen) atoms. The summed E-state index contributed by atoms with van der Waals surface area (Å²) in [5.41, 5.74) is 4.98. The molecule has 0 radical (unpaired) electrons. The zero-order chi connectivity index (χ0) is 25.2. The smallest absolute Gasteiger partial charge is 0.181 e. The Morgan fingerprint density at radius 3 is 2.65 bits per heavy atom. The highest BCUT2D eigenvalue weighted by Crippen LogP contribution is 2.27. The van der Waals surface area contributed by atoms with Gasteiger partial charge in [0.05, 0.1) is 26.0 Å². The fourth-order valence-corrected chi connectivity index (χ4v) is 4.49. The summed E-state index contributed by atoms with van der Waals surface area (Å²) >= 11 is 0. The molecule has 1 N–H and O–H groups in total. The van der Waals surface area contributed by atoms with E-state index in [-0.39, 0.29) is 0 Å². The molecular weight excluding hydrogens is 464 g/mol. The first-order valence-electron chi connectivity index (χ1n) is 12.4. The van der Waals surface area contributed by atoms with Gasteiger partial charge in [-0.15, -0.1) is 0 Å². The molecule has 4 heterocycles. The predicted octanol–water partition coefficient (Wildman–Crippen LogP) is 5.51. The molecule has 4 aromatic heterocycles. The van der Waals surface area contributed by atoms with Crippen LogP contribution in [-0.4, -0.2) is 42.8 Å². The number of hydrogen-bond donors (Lipinski definition) is 1. The first-order chi connectivity index (χ1) is 18.2. The minimum atomic E-state index is 0.521. The number of fused-ring (bicyclic) bond motifs is 2. The molecule has 0 amide bonds. The minimum absolute atomic E-state index is 0.521. The Bertz CT molecular complexity index is 1630. The average Bonchev–Trinajstić information content (AvgIpc) is 3.64. The fraction of sp³-hybridized carbons (Fsp3) is 0.207. The largest absolute Gasteiger partial charge is 0.497 e. The Labute approximate surface area is 214 Å². The number of methoxy groups -OCH3 is 1. The van der Waals surface area contributed by atoms with Crippen LogP contribution in [0.1, 0.15) is 30.4 Å². The Kier molecular flexibility index (Phi) is 6.06. The first kappa shape index (κ1) is 22.8. The molecule has 0 aliphatic heterocycles. The number of aromatic amines is 1. The van der Waals surface area contributed by atoms with Crippen molar-refractivity contribution in [2.45, 2.75) is 26.3 Å². The molecule has 2 aromatic carbocycles. The van der Waals surface area contributed by atoms with Crippen molar-refractivity contribution >= 4 is 16.6 Å². The van der Waals surface area contributed by atoms with Crippen LogP contribution < -0.4 is 9.47 Å². The minimum Gasteiger partial charge on any atom is -0.497 e. The second kappa shape index (κ2) is 9.81. The molecule has 0 unspecified atom stereocenters. The number of aromatic nitrogens is 6. The van der Waals surface area contributed by atoms with Crippen molar-refractivity contribution in [2.24, 2.45) is 0 Å². The molecule has 8 heteroatoms.